The number of nitrogens with one attached hydrogen (secondary N) is 3. The monoisotopic (exact) mass is 578 g/mol. The number of ether oxygens (including phenoxy) is 2. The second kappa shape index (κ2) is 13.4. The van der Waals surface area contributed by atoms with Crippen molar-refractivity contribution in [3.63, 3.8) is 0 Å². The molecule has 1 unspecified atom stereocenters. The zero-order valence-electron chi connectivity index (χ0n) is 26.2. The van der Waals surface area contributed by atoms with Crippen molar-refractivity contribution >= 4 is 29.6 Å². The van der Waals surface area contributed by atoms with Crippen molar-refractivity contribution in [2.45, 2.75) is 123 Å². The molecule has 0 aromatic carbocycles. The molecule has 0 radical (unpaired) electrons. The smallest absolute Gasteiger partial charge is 0.408 e. The summed E-state index contributed by atoms with van der Waals surface area (Å²) in [5, 5.41) is 7.96. The van der Waals surface area contributed by atoms with Crippen LogP contribution in [0, 0.1) is 11.3 Å². The molecule has 2 aliphatic heterocycles. The quantitative estimate of drug-likeness (QED) is 0.267. The normalized spacial score (nSPS) is 23.4. The summed E-state index contributed by atoms with van der Waals surface area (Å²) in [7, 11) is 0. The molecule has 3 N–H and O–H groups in total. The molecule has 4 amide bonds. The van der Waals surface area contributed by atoms with Crippen LogP contribution < -0.4 is 16.0 Å². The molecule has 41 heavy (non-hydrogen) atoms. The summed E-state index contributed by atoms with van der Waals surface area (Å²) < 4.78 is 11.7. The van der Waals surface area contributed by atoms with E-state index in [0.717, 1.165) is 0 Å². The molecule has 2 saturated heterocycles. The molecule has 2 fully saturated rings. The Labute approximate surface area is 244 Å². The van der Waals surface area contributed by atoms with Crippen molar-refractivity contribution in [3.05, 3.63) is 12.7 Å². The van der Waals surface area contributed by atoms with Gasteiger partial charge in [0.05, 0.1) is 17.7 Å². The van der Waals surface area contributed by atoms with Gasteiger partial charge in [0.2, 0.25) is 17.6 Å². The minimum absolute atomic E-state index is 0.123. The van der Waals surface area contributed by atoms with Crippen molar-refractivity contribution in [1.29, 1.82) is 0 Å². The van der Waals surface area contributed by atoms with Gasteiger partial charge < -0.3 is 30.3 Å². The summed E-state index contributed by atoms with van der Waals surface area (Å²) in [4.78, 5) is 67.6. The average Bonchev–Trinajstić information content (AvgIpc) is 3.20. The molecular formula is C30H50N4O7. The molecule has 5 atom stereocenters. The highest BCUT2D eigenvalue weighted by molar-refractivity contribution is 6.38. The molecule has 0 aromatic heterocycles. The fourth-order valence-electron chi connectivity index (χ4n) is 5.36. The fraction of sp³-hybridized carbons (Fsp3) is 0.767. The van der Waals surface area contributed by atoms with Gasteiger partial charge in [-0.3, -0.25) is 19.2 Å². The predicted molar refractivity (Wildman–Crippen MR) is 155 cm³/mol. The zero-order chi connectivity index (χ0) is 31.3. The number of Topliss-reactive ketones (excluding diaryl/α,β-unsaturated/α-hetero) is 1. The second-order valence-corrected chi connectivity index (χ2v) is 13.7. The Bertz CT molecular complexity index is 1010. The van der Waals surface area contributed by atoms with Crippen molar-refractivity contribution in [1.82, 2.24) is 20.9 Å². The first-order valence-electron chi connectivity index (χ1n) is 14.5. The summed E-state index contributed by atoms with van der Waals surface area (Å²) in [6, 6.07) is -3.00. The highest BCUT2D eigenvalue weighted by Crippen LogP contribution is 2.41. The lowest BCUT2D eigenvalue weighted by molar-refractivity contribution is -0.145. The van der Waals surface area contributed by atoms with Gasteiger partial charge in [0.25, 0.3) is 5.91 Å². The third kappa shape index (κ3) is 9.28. The Morgan fingerprint density at radius 1 is 1.10 bits per heavy atom. The molecule has 2 rings (SSSR count). The Morgan fingerprint density at radius 2 is 1.73 bits per heavy atom. The minimum atomic E-state index is -1.05. The molecule has 0 saturated carbocycles. The van der Waals surface area contributed by atoms with E-state index in [1.165, 1.54) is 11.0 Å². The molecule has 0 aliphatic carbocycles. The molecule has 2 aliphatic rings. The first-order chi connectivity index (χ1) is 18.8. The van der Waals surface area contributed by atoms with Crippen LogP contribution in [0.1, 0.15) is 88.0 Å². The first kappa shape index (κ1) is 34.3. The van der Waals surface area contributed by atoms with E-state index in [0.29, 0.717) is 19.3 Å². The van der Waals surface area contributed by atoms with Crippen LogP contribution >= 0.6 is 0 Å². The van der Waals surface area contributed by atoms with Gasteiger partial charge in [-0.2, -0.15) is 0 Å². The van der Waals surface area contributed by atoms with Crippen LogP contribution in [-0.4, -0.2) is 83.0 Å². The number of amides is 4. The van der Waals surface area contributed by atoms with Crippen molar-refractivity contribution in [2.75, 3.05) is 13.1 Å². The number of hydrogen-bond donors (Lipinski definition) is 3. The van der Waals surface area contributed by atoms with E-state index in [2.05, 4.69) is 22.5 Å². The van der Waals surface area contributed by atoms with Crippen molar-refractivity contribution < 1.29 is 33.4 Å². The third-order valence-corrected chi connectivity index (χ3v) is 7.31. The maximum Gasteiger partial charge on any atom is 0.408 e. The van der Waals surface area contributed by atoms with Gasteiger partial charge in [-0.05, 0) is 59.3 Å². The van der Waals surface area contributed by atoms with Crippen LogP contribution in [0.15, 0.2) is 12.7 Å². The lowest BCUT2D eigenvalue weighted by Crippen LogP contribution is -2.60. The van der Waals surface area contributed by atoms with E-state index in [1.807, 2.05) is 41.5 Å². The van der Waals surface area contributed by atoms with Crippen LogP contribution in [-0.2, 0) is 28.7 Å². The van der Waals surface area contributed by atoms with E-state index >= 15 is 0 Å². The SMILES string of the molecule is C=CCNC(=O)C(=O)C(CCC)NC(=O)[C@@H]1[C@@H]2CCC(C)(C)O[C@@H]2CN1C(=O)[C@@H](NC(=O)OC(C)(C)C)C(C)(C)C. The summed E-state index contributed by atoms with van der Waals surface area (Å²) >= 11 is 0. The number of carbonyl (C=O) groups is 5. The number of alkyl carbamates (subject to hydrolysis) is 1. The number of nitrogens with zero attached hydrogens (tertiary/aromatic N) is 1. The molecular weight excluding hydrogens is 528 g/mol. The highest BCUT2D eigenvalue weighted by atomic mass is 16.6. The molecule has 11 heteroatoms. The van der Waals surface area contributed by atoms with Crippen LogP contribution in [0.5, 0.6) is 0 Å². The maximum absolute atomic E-state index is 14.2. The Hall–Kier alpha value is -2.95. The van der Waals surface area contributed by atoms with Gasteiger partial charge >= 0.3 is 6.09 Å². The second-order valence-electron chi connectivity index (χ2n) is 13.7. The van der Waals surface area contributed by atoms with Gasteiger partial charge in [-0.1, -0.05) is 40.2 Å². The molecule has 11 nitrogen and oxygen atoms in total. The van der Waals surface area contributed by atoms with Gasteiger partial charge in [0.1, 0.15) is 17.7 Å². The fourth-order valence-corrected chi connectivity index (χ4v) is 5.36. The van der Waals surface area contributed by atoms with E-state index in [-0.39, 0.29) is 25.4 Å². The van der Waals surface area contributed by atoms with Gasteiger partial charge in [-0.25, -0.2) is 4.79 Å². The lowest BCUT2D eigenvalue weighted by atomic mass is 9.83. The number of hydrogen-bond acceptors (Lipinski definition) is 7. The zero-order valence-corrected chi connectivity index (χ0v) is 26.2. The summed E-state index contributed by atoms with van der Waals surface area (Å²) in [6.07, 6.45) is 2.44. The number of carbonyl (C=O) groups excluding carboxylic acids is 5. The molecule has 2 heterocycles. The Morgan fingerprint density at radius 3 is 2.27 bits per heavy atom. The van der Waals surface area contributed by atoms with Gasteiger partial charge in [0, 0.05) is 19.0 Å². The predicted octanol–water partition coefficient (Wildman–Crippen LogP) is 2.87. The van der Waals surface area contributed by atoms with Gasteiger partial charge in [0.15, 0.2) is 0 Å². The number of fused-ring (bicyclic) bond motifs is 1. The number of rotatable bonds is 10. The topological polar surface area (TPSA) is 143 Å². The van der Waals surface area contributed by atoms with E-state index in [9.17, 15) is 24.0 Å². The van der Waals surface area contributed by atoms with Crippen LogP contribution in [0.4, 0.5) is 4.79 Å². The van der Waals surface area contributed by atoms with Crippen LogP contribution in [0.25, 0.3) is 0 Å². The number of likely N-dealkylation sites (tertiary alicyclic amines) is 1. The maximum atomic E-state index is 14.2. The molecule has 0 spiro atoms. The number of ketones is 1. The summed E-state index contributed by atoms with van der Waals surface area (Å²) in [5.41, 5.74) is -1.91. The summed E-state index contributed by atoms with van der Waals surface area (Å²) in [6.45, 7) is 20.3. The van der Waals surface area contributed by atoms with Gasteiger partial charge in [-0.15, -0.1) is 6.58 Å². The highest BCUT2D eigenvalue weighted by Gasteiger charge is 2.54. The Balaban J connectivity index is 2.41. The van der Waals surface area contributed by atoms with Crippen molar-refractivity contribution in [3.8, 4) is 0 Å². The standard InChI is InChI=1S/C30H50N4O7/c1-11-13-19(22(35)25(37)31-16-12-2)32-24(36)21-18-14-15-30(9,10)40-20(18)17-34(21)26(38)23(28(3,4)5)33-27(39)41-29(6,7)8/h12,18-21,23H,2,11,13-17H2,1,3-10H3,(H,31,37)(H,32,36)(H,33,39)/t18-,19?,20-,21+,23-/m1/s1. The molecule has 232 valence electrons. The van der Waals surface area contributed by atoms with E-state index in [4.69, 9.17) is 9.47 Å². The third-order valence-electron chi connectivity index (χ3n) is 7.31. The van der Waals surface area contributed by atoms with E-state index in [1.54, 1.807) is 20.8 Å². The van der Waals surface area contributed by atoms with E-state index < -0.39 is 70.4 Å². The molecule has 0 bridgehead atoms. The first-order valence-corrected chi connectivity index (χ1v) is 14.5. The summed E-state index contributed by atoms with van der Waals surface area (Å²) in [5.74, 6) is -2.85. The molecule has 0 aromatic rings. The van der Waals surface area contributed by atoms with Crippen molar-refractivity contribution in [2.24, 2.45) is 11.3 Å². The van der Waals surface area contributed by atoms with Crippen LogP contribution in [0.3, 0.4) is 0 Å². The lowest BCUT2D eigenvalue weighted by Gasteiger charge is -2.39. The minimum Gasteiger partial charge on any atom is -0.444 e. The van der Waals surface area contributed by atoms with Crippen LogP contribution in [0.2, 0.25) is 0 Å². The average molecular weight is 579 g/mol. The largest absolute Gasteiger partial charge is 0.444 e. The Kier molecular flexibility index (Phi) is 11.2.